The van der Waals surface area contributed by atoms with Gasteiger partial charge in [-0.25, -0.2) is 4.98 Å². The summed E-state index contributed by atoms with van der Waals surface area (Å²) in [6.07, 6.45) is 2.48. The van der Waals surface area contributed by atoms with Crippen LogP contribution in [-0.2, 0) is 20.8 Å². The van der Waals surface area contributed by atoms with Crippen molar-refractivity contribution in [3.05, 3.63) is 90.3 Å². The van der Waals surface area contributed by atoms with E-state index in [1.807, 2.05) is 65.6 Å². The first kappa shape index (κ1) is 28.6. The SMILES string of the molecule is CN[C@@H](C)C(=O)N[C@H]1CN(C(=O)Cc2ccccc2)CC[C@H]2CC[C@@H](c3nc4c(-c5ccccc5)cccc4[nH]3)N2C1=O. The molecule has 4 atom stereocenters. The molecule has 9 nitrogen and oxygen atoms in total. The van der Waals surface area contributed by atoms with Crippen LogP contribution in [0.1, 0.15) is 43.6 Å². The molecule has 0 spiro atoms. The molecule has 6 rings (SSSR count). The van der Waals surface area contributed by atoms with E-state index in [1.165, 1.54) is 0 Å². The second-order valence-corrected chi connectivity index (χ2v) is 11.5. The number of likely N-dealkylation sites (N-methyl/N-ethyl adjacent to an activating group) is 1. The fourth-order valence-electron chi connectivity index (χ4n) is 6.35. The van der Waals surface area contributed by atoms with Gasteiger partial charge in [-0.15, -0.1) is 0 Å². The fourth-order valence-corrected chi connectivity index (χ4v) is 6.35. The molecule has 0 unspecified atom stereocenters. The van der Waals surface area contributed by atoms with E-state index in [-0.39, 0.29) is 42.8 Å². The Morgan fingerprint density at radius 1 is 0.977 bits per heavy atom. The average Bonchev–Trinajstić information content (AvgIpc) is 3.66. The summed E-state index contributed by atoms with van der Waals surface area (Å²) in [5, 5.41) is 5.91. The number of nitrogens with zero attached hydrogens (tertiary/aromatic N) is 3. The van der Waals surface area contributed by atoms with Crippen LogP contribution in [-0.4, -0.2) is 75.8 Å². The van der Waals surface area contributed by atoms with Crippen molar-refractivity contribution in [2.24, 2.45) is 0 Å². The third kappa shape index (κ3) is 5.90. The van der Waals surface area contributed by atoms with E-state index in [0.29, 0.717) is 13.0 Å². The van der Waals surface area contributed by atoms with E-state index in [1.54, 1.807) is 18.9 Å². The smallest absolute Gasteiger partial charge is 0.247 e. The minimum absolute atomic E-state index is 0.0476. The van der Waals surface area contributed by atoms with Crippen LogP contribution < -0.4 is 10.6 Å². The first-order valence-corrected chi connectivity index (χ1v) is 15.1. The van der Waals surface area contributed by atoms with Gasteiger partial charge in [-0.3, -0.25) is 14.4 Å². The molecule has 9 heteroatoms. The Hall–Kier alpha value is -4.50. The van der Waals surface area contributed by atoms with Gasteiger partial charge in [0.1, 0.15) is 11.9 Å². The summed E-state index contributed by atoms with van der Waals surface area (Å²) in [7, 11) is 1.71. The molecule has 0 bridgehead atoms. The second-order valence-electron chi connectivity index (χ2n) is 11.5. The van der Waals surface area contributed by atoms with Crippen LogP contribution in [0.4, 0.5) is 0 Å². The van der Waals surface area contributed by atoms with Gasteiger partial charge in [0.15, 0.2) is 0 Å². The maximum absolute atomic E-state index is 14.4. The zero-order chi connectivity index (χ0) is 29.9. The van der Waals surface area contributed by atoms with Crippen molar-refractivity contribution in [1.82, 2.24) is 30.4 Å². The molecule has 4 aromatic rings. The number of H-pyrrole nitrogens is 1. The molecule has 0 aliphatic carbocycles. The van der Waals surface area contributed by atoms with Gasteiger partial charge in [0, 0.05) is 24.7 Å². The van der Waals surface area contributed by atoms with Gasteiger partial charge in [0.05, 0.1) is 29.5 Å². The number of amides is 3. The molecule has 0 saturated carbocycles. The molecule has 0 radical (unpaired) electrons. The minimum atomic E-state index is -0.865. The van der Waals surface area contributed by atoms with Crippen molar-refractivity contribution in [2.75, 3.05) is 20.1 Å². The lowest BCUT2D eigenvalue weighted by molar-refractivity contribution is -0.143. The maximum atomic E-state index is 14.4. The zero-order valence-electron chi connectivity index (χ0n) is 24.6. The van der Waals surface area contributed by atoms with Crippen LogP contribution in [0.25, 0.3) is 22.2 Å². The van der Waals surface area contributed by atoms with E-state index in [0.717, 1.165) is 46.4 Å². The van der Waals surface area contributed by atoms with Crippen LogP contribution in [0.3, 0.4) is 0 Å². The van der Waals surface area contributed by atoms with E-state index in [2.05, 4.69) is 33.8 Å². The van der Waals surface area contributed by atoms with Crippen molar-refractivity contribution in [1.29, 1.82) is 0 Å². The quantitative estimate of drug-likeness (QED) is 0.309. The number of hydrogen-bond acceptors (Lipinski definition) is 5. The Kier molecular flexibility index (Phi) is 8.24. The van der Waals surface area contributed by atoms with Crippen molar-refractivity contribution >= 4 is 28.8 Å². The molecule has 3 heterocycles. The van der Waals surface area contributed by atoms with Crippen LogP contribution in [0, 0.1) is 0 Å². The first-order chi connectivity index (χ1) is 20.9. The normalized spacial score (nSPS) is 21.3. The highest BCUT2D eigenvalue weighted by Crippen LogP contribution is 2.39. The van der Waals surface area contributed by atoms with Gasteiger partial charge < -0.3 is 25.4 Å². The van der Waals surface area contributed by atoms with E-state index >= 15 is 0 Å². The molecule has 2 aliphatic heterocycles. The molecule has 222 valence electrons. The fraction of sp³-hybridized carbons (Fsp3) is 0.353. The topological polar surface area (TPSA) is 110 Å². The molecule has 3 N–H and O–H groups in total. The predicted molar refractivity (Wildman–Crippen MR) is 166 cm³/mol. The lowest BCUT2D eigenvalue weighted by Gasteiger charge is -2.39. The van der Waals surface area contributed by atoms with Crippen LogP contribution in [0.2, 0.25) is 0 Å². The van der Waals surface area contributed by atoms with Crippen LogP contribution >= 0.6 is 0 Å². The molecule has 3 aromatic carbocycles. The molecule has 2 aliphatic rings. The third-order valence-electron chi connectivity index (χ3n) is 8.82. The Balaban J connectivity index is 1.30. The number of carbonyl (C=O) groups is 3. The Morgan fingerprint density at radius 3 is 2.47 bits per heavy atom. The van der Waals surface area contributed by atoms with Crippen molar-refractivity contribution in [2.45, 2.75) is 56.8 Å². The van der Waals surface area contributed by atoms with Crippen molar-refractivity contribution in [3.8, 4) is 11.1 Å². The summed E-state index contributed by atoms with van der Waals surface area (Å²) in [4.78, 5) is 53.1. The van der Waals surface area contributed by atoms with Gasteiger partial charge in [-0.05, 0) is 50.4 Å². The summed E-state index contributed by atoms with van der Waals surface area (Å²) >= 11 is 0. The molecule has 3 amide bonds. The summed E-state index contributed by atoms with van der Waals surface area (Å²) in [5.74, 6) is 0.250. The first-order valence-electron chi connectivity index (χ1n) is 15.1. The van der Waals surface area contributed by atoms with Gasteiger partial charge in [0.25, 0.3) is 0 Å². The van der Waals surface area contributed by atoms with Gasteiger partial charge in [-0.2, -0.15) is 0 Å². The van der Waals surface area contributed by atoms with E-state index in [4.69, 9.17) is 4.98 Å². The highest BCUT2D eigenvalue weighted by Gasteiger charge is 2.44. The van der Waals surface area contributed by atoms with Gasteiger partial charge in [-0.1, -0.05) is 72.8 Å². The number of fused-ring (bicyclic) bond motifs is 2. The number of benzene rings is 3. The average molecular weight is 579 g/mol. The Morgan fingerprint density at radius 2 is 1.72 bits per heavy atom. The summed E-state index contributed by atoms with van der Waals surface area (Å²) in [5.41, 5.74) is 4.83. The lowest BCUT2D eigenvalue weighted by Crippen LogP contribution is -2.60. The molecular weight excluding hydrogens is 540 g/mol. The maximum Gasteiger partial charge on any atom is 0.247 e. The van der Waals surface area contributed by atoms with Crippen LogP contribution in [0.15, 0.2) is 78.9 Å². The Labute approximate surface area is 251 Å². The Bertz CT molecular complexity index is 1600. The van der Waals surface area contributed by atoms with Gasteiger partial charge >= 0.3 is 0 Å². The van der Waals surface area contributed by atoms with E-state index < -0.39 is 12.1 Å². The second kappa shape index (κ2) is 12.4. The number of para-hydroxylation sites is 1. The number of imidazole rings is 1. The third-order valence-corrected chi connectivity index (χ3v) is 8.82. The number of nitrogens with one attached hydrogen (secondary N) is 3. The van der Waals surface area contributed by atoms with Gasteiger partial charge in [0.2, 0.25) is 17.7 Å². The minimum Gasteiger partial charge on any atom is -0.341 e. The lowest BCUT2D eigenvalue weighted by atomic mass is 10.0. The largest absolute Gasteiger partial charge is 0.341 e. The molecule has 1 aromatic heterocycles. The predicted octanol–water partition coefficient (Wildman–Crippen LogP) is 3.83. The number of hydrogen-bond donors (Lipinski definition) is 3. The molecular formula is C34H38N6O3. The molecule has 43 heavy (non-hydrogen) atoms. The molecule has 2 saturated heterocycles. The summed E-state index contributed by atoms with van der Waals surface area (Å²) < 4.78 is 0. The number of carbonyl (C=O) groups excluding carboxylic acids is 3. The molecule has 2 fully saturated rings. The highest BCUT2D eigenvalue weighted by molar-refractivity contribution is 5.93. The number of aromatic amines is 1. The standard InChI is InChI=1S/C34H38N6O3/c1-22(35-2)33(42)37-28-21-39(30(41)20-23-10-5-3-6-11-23)19-18-25-16-17-29(40(25)34(28)43)32-36-27-15-9-14-26(31(27)38-32)24-12-7-4-8-13-24/h3-15,22,25,28-29,35H,16-21H2,1-2H3,(H,36,38)(H,37,42)/t22-,25+,28-,29-/m0/s1. The van der Waals surface area contributed by atoms with Crippen molar-refractivity contribution in [3.63, 3.8) is 0 Å². The summed E-state index contributed by atoms with van der Waals surface area (Å²) in [6, 6.07) is 24.2. The zero-order valence-corrected chi connectivity index (χ0v) is 24.6. The highest BCUT2D eigenvalue weighted by atomic mass is 16.2. The van der Waals surface area contributed by atoms with E-state index in [9.17, 15) is 14.4 Å². The number of aromatic nitrogens is 2. The van der Waals surface area contributed by atoms with Crippen LogP contribution in [0.5, 0.6) is 0 Å². The van der Waals surface area contributed by atoms with Crippen molar-refractivity contribution < 1.29 is 14.4 Å². The summed E-state index contributed by atoms with van der Waals surface area (Å²) in [6.45, 7) is 2.39. The number of rotatable bonds is 7. The monoisotopic (exact) mass is 578 g/mol.